The van der Waals surface area contributed by atoms with Crippen molar-refractivity contribution in [2.75, 3.05) is 5.75 Å². The van der Waals surface area contributed by atoms with E-state index < -0.39 is 0 Å². The van der Waals surface area contributed by atoms with Gasteiger partial charge in [-0.05, 0) is 56.3 Å². The molecule has 0 radical (unpaired) electrons. The number of Topliss-reactive ketones (excluding diaryl/α,β-unsaturated/α-hetero) is 1. The Balaban J connectivity index is 1.53. The Kier molecular flexibility index (Phi) is 5.10. The van der Waals surface area contributed by atoms with Crippen LogP contribution in [0.25, 0.3) is 17.3 Å². The summed E-state index contributed by atoms with van der Waals surface area (Å²) in [6.07, 6.45) is 1.58. The zero-order chi connectivity index (χ0) is 20.5. The van der Waals surface area contributed by atoms with Gasteiger partial charge in [-0.2, -0.15) is 0 Å². The maximum absolute atomic E-state index is 13.2. The fraction of sp³-hybridized carbons (Fsp3) is 0.190. The normalized spacial score (nSPS) is 11.2. The summed E-state index contributed by atoms with van der Waals surface area (Å²) in [5.74, 6) is 1.18. The number of thioether (sulfide) groups is 1. The van der Waals surface area contributed by atoms with Crippen molar-refractivity contribution in [3.05, 3.63) is 71.5 Å². The van der Waals surface area contributed by atoms with Crippen LogP contribution >= 0.6 is 11.8 Å². The van der Waals surface area contributed by atoms with Gasteiger partial charge in [0.2, 0.25) is 0 Å². The zero-order valence-electron chi connectivity index (χ0n) is 16.2. The van der Waals surface area contributed by atoms with Gasteiger partial charge in [-0.25, -0.2) is 4.39 Å². The number of carbonyl (C=O) groups is 1. The first-order valence-corrected chi connectivity index (χ1v) is 9.98. The summed E-state index contributed by atoms with van der Waals surface area (Å²) in [4.78, 5) is 12.9. The van der Waals surface area contributed by atoms with Gasteiger partial charge < -0.3 is 13.6 Å². The maximum atomic E-state index is 13.2. The van der Waals surface area contributed by atoms with E-state index in [2.05, 4.69) is 10.2 Å². The van der Waals surface area contributed by atoms with Crippen molar-refractivity contribution in [1.82, 2.24) is 19.3 Å². The van der Waals surface area contributed by atoms with Crippen molar-refractivity contribution in [3.8, 4) is 17.3 Å². The molecule has 3 aromatic heterocycles. The molecular formula is C21H19FN4O2S. The van der Waals surface area contributed by atoms with Gasteiger partial charge in [-0.15, -0.1) is 10.2 Å². The van der Waals surface area contributed by atoms with Gasteiger partial charge in [0.25, 0.3) is 0 Å². The Bertz CT molecular complexity index is 1160. The number of benzene rings is 1. The minimum atomic E-state index is -0.290. The molecule has 0 aliphatic heterocycles. The summed E-state index contributed by atoms with van der Waals surface area (Å²) in [5.41, 5.74) is 3.22. The molecular weight excluding hydrogens is 391 g/mol. The summed E-state index contributed by atoms with van der Waals surface area (Å²) >= 11 is 1.33. The van der Waals surface area contributed by atoms with Crippen LogP contribution in [0.1, 0.15) is 21.7 Å². The van der Waals surface area contributed by atoms with Gasteiger partial charge in [0.15, 0.2) is 22.5 Å². The Labute approximate surface area is 171 Å². The van der Waals surface area contributed by atoms with E-state index in [1.807, 2.05) is 37.6 Å². The second-order valence-electron chi connectivity index (χ2n) is 6.65. The molecule has 4 aromatic rings. The van der Waals surface area contributed by atoms with E-state index in [4.69, 9.17) is 4.42 Å². The zero-order valence-corrected chi connectivity index (χ0v) is 17.0. The quantitative estimate of drug-likeness (QED) is 0.343. The number of aryl methyl sites for hydroxylation is 1. The highest BCUT2D eigenvalue weighted by atomic mass is 32.2. The topological polar surface area (TPSA) is 65.8 Å². The second kappa shape index (κ2) is 7.71. The fourth-order valence-electron chi connectivity index (χ4n) is 3.30. The molecule has 0 saturated carbocycles. The Hall–Kier alpha value is -3.13. The molecule has 3 heterocycles. The van der Waals surface area contributed by atoms with E-state index in [0.717, 1.165) is 17.1 Å². The average molecular weight is 410 g/mol. The molecule has 1 aromatic carbocycles. The van der Waals surface area contributed by atoms with E-state index in [9.17, 15) is 9.18 Å². The lowest BCUT2D eigenvalue weighted by Gasteiger charge is -2.09. The molecule has 6 nitrogen and oxygen atoms in total. The highest BCUT2D eigenvalue weighted by Gasteiger charge is 2.19. The van der Waals surface area contributed by atoms with Crippen molar-refractivity contribution >= 4 is 17.5 Å². The predicted molar refractivity (Wildman–Crippen MR) is 109 cm³/mol. The van der Waals surface area contributed by atoms with E-state index in [-0.39, 0.29) is 17.4 Å². The third-order valence-corrected chi connectivity index (χ3v) is 5.75. The molecule has 148 valence electrons. The third-order valence-electron chi connectivity index (χ3n) is 4.73. The number of furan rings is 1. The van der Waals surface area contributed by atoms with Crippen molar-refractivity contribution in [2.24, 2.45) is 7.05 Å². The molecule has 0 atom stereocenters. The molecule has 0 bridgehead atoms. The fourth-order valence-corrected chi connectivity index (χ4v) is 4.10. The van der Waals surface area contributed by atoms with Gasteiger partial charge in [-0.3, -0.25) is 4.79 Å². The SMILES string of the molecule is Cc1cc(C(=O)CSc2nnc(-c3ccco3)n2C)c(C)n1-c1ccc(F)cc1. The van der Waals surface area contributed by atoms with Crippen molar-refractivity contribution in [3.63, 3.8) is 0 Å². The van der Waals surface area contributed by atoms with Crippen molar-refractivity contribution < 1.29 is 13.6 Å². The van der Waals surface area contributed by atoms with Crippen LogP contribution in [0.4, 0.5) is 4.39 Å². The van der Waals surface area contributed by atoms with E-state index in [1.54, 1.807) is 29.0 Å². The summed E-state index contributed by atoms with van der Waals surface area (Å²) < 4.78 is 22.4. The molecule has 4 rings (SSSR count). The maximum Gasteiger partial charge on any atom is 0.200 e. The summed E-state index contributed by atoms with van der Waals surface area (Å²) in [6, 6.07) is 11.7. The highest BCUT2D eigenvalue weighted by molar-refractivity contribution is 7.99. The van der Waals surface area contributed by atoms with Gasteiger partial charge in [0.1, 0.15) is 5.82 Å². The number of rotatable bonds is 6. The van der Waals surface area contributed by atoms with Crippen LogP contribution in [0, 0.1) is 19.7 Å². The van der Waals surface area contributed by atoms with Crippen LogP contribution in [0.15, 0.2) is 58.3 Å². The Morgan fingerprint density at radius 2 is 1.93 bits per heavy atom. The van der Waals surface area contributed by atoms with Crippen molar-refractivity contribution in [2.45, 2.75) is 19.0 Å². The molecule has 0 saturated heterocycles. The van der Waals surface area contributed by atoms with E-state index in [1.165, 1.54) is 23.9 Å². The number of aromatic nitrogens is 4. The molecule has 29 heavy (non-hydrogen) atoms. The lowest BCUT2D eigenvalue weighted by Crippen LogP contribution is -2.06. The number of hydrogen-bond acceptors (Lipinski definition) is 5. The van der Waals surface area contributed by atoms with E-state index >= 15 is 0 Å². The number of nitrogens with zero attached hydrogens (tertiary/aromatic N) is 4. The van der Waals surface area contributed by atoms with Crippen LogP contribution in [0.2, 0.25) is 0 Å². The monoisotopic (exact) mass is 410 g/mol. The largest absolute Gasteiger partial charge is 0.461 e. The lowest BCUT2D eigenvalue weighted by atomic mass is 10.2. The van der Waals surface area contributed by atoms with Crippen molar-refractivity contribution in [1.29, 1.82) is 0 Å². The molecule has 0 fully saturated rings. The van der Waals surface area contributed by atoms with E-state index in [0.29, 0.717) is 22.3 Å². The molecule has 0 unspecified atom stereocenters. The molecule has 0 aliphatic carbocycles. The highest BCUT2D eigenvalue weighted by Crippen LogP contribution is 2.26. The summed E-state index contributed by atoms with van der Waals surface area (Å²) in [6.45, 7) is 3.82. The van der Waals surface area contributed by atoms with Crippen LogP contribution in [-0.4, -0.2) is 30.9 Å². The summed E-state index contributed by atoms with van der Waals surface area (Å²) in [5, 5.41) is 8.94. The van der Waals surface area contributed by atoms with Crippen LogP contribution in [0.5, 0.6) is 0 Å². The average Bonchev–Trinajstić information content (AvgIpc) is 3.41. The molecule has 0 amide bonds. The molecule has 0 aliphatic rings. The Morgan fingerprint density at radius 3 is 2.62 bits per heavy atom. The first kappa shape index (κ1) is 19.2. The smallest absolute Gasteiger partial charge is 0.200 e. The van der Waals surface area contributed by atoms with Gasteiger partial charge in [0, 0.05) is 29.7 Å². The van der Waals surface area contributed by atoms with Gasteiger partial charge in [0.05, 0.1) is 12.0 Å². The number of carbonyl (C=O) groups excluding carboxylic acids is 1. The van der Waals surface area contributed by atoms with Crippen LogP contribution in [-0.2, 0) is 7.05 Å². The number of halogens is 1. The van der Waals surface area contributed by atoms with Crippen LogP contribution < -0.4 is 0 Å². The molecule has 8 heteroatoms. The number of hydrogen-bond donors (Lipinski definition) is 0. The Morgan fingerprint density at radius 1 is 1.17 bits per heavy atom. The minimum absolute atomic E-state index is 0.000916. The number of ketones is 1. The predicted octanol–water partition coefficient (Wildman–Crippen LogP) is 4.60. The first-order valence-electron chi connectivity index (χ1n) is 9.00. The molecule has 0 spiro atoms. The third kappa shape index (κ3) is 3.63. The molecule has 0 N–H and O–H groups in total. The van der Waals surface area contributed by atoms with Gasteiger partial charge >= 0.3 is 0 Å². The minimum Gasteiger partial charge on any atom is -0.461 e. The lowest BCUT2D eigenvalue weighted by molar-refractivity contribution is 0.102. The summed E-state index contributed by atoms with van der Waals surface area (Å²) in [7, 11) is 1.84. The standard InChI is InChI=1S/C21H19FN4O2S/c1-13-11-17(14(2)26(13)16-8-6-15(22)7-9-16)18(27)12-29-21-24-23-20(25(21)3)19-5-4-10-28-19/h4-11H,12H2,1-3H3. The second-order valence-corrected chi connectivity index (χ2v) is 7.59. The van der Waals surface area contributed by atoms with Gasteiger partial charge in [-0.1, -0.05) is 11.8 Å². The van der Waals surface area contributed by atoms with Crippen LogP contribution in [0.3, 0.4) is 0 Å². The first-order chi connectivity index (χ1) is 14.0.